The summed E-state index contributed by atoms with van der Waals surface area (Å²) in [7, 11) is -3.30. The fourth-order valence-electron chi connectivity index (χ4n) is 1.10. The lowest BCUT2D eigenvalue weighted by atomic mass is 10.2. The van der Waals surface area contributed by atoms with Crippen molar-refractivity contribution in [2.75, 3.05) is 12.8 Å². The minimum Gasteiger partial charge on any atom is -0.341 e. The minimum absolute atomic E-state index is 0.112. The first-order valence-electron chi connectivity index (χ1n) is 4.47. The highest BCUT2D eigenvalue weighted by Gasteiger charge is 2.10. The van der Waals surface area contributed by atoms with Gasteiger partial charge in [0.25, 0.3) is 5.91 Å². The number of carbonyl (C=O) groups excluding carboxylic acids is 1. The van der Waals surface area contributed by atoms with Crippen LogP contribution in [-0.2, 0) is 9.84 Å². The van der Waals surface area contributed by atoms with Gasteiger partial charge in [-0.3, -0.25) is 4.79 Å². The Morgan fingerprint density at radius 3 is 2.75 bits per heavy atom. The molecule has 4 nitrogen and oxygen atoms in total. The number of rotatable bonds is 3. The monoisotopic (exact) mass is 237 g/mol. The number of benzene rings is 1. The molecule has 0 saturated carbocycles. The van der Waals surface area contributed by atoms with E-state index in [1.54, 1.807) is 0 Å². The van der Waals surface area contributed by atoms with Crippen LogP contribution in [0.3, 0.4) is 0 Å². The van der Waals surface area contributed by atoms with E-state index in [2.05, 4.69) is 11.2 Å². The number of sulfone groups is 1. The Kier molecular flexibility index (Phi) is 3.69. The second-order valence-electron chi connectivity index (χ2n) is 3.19. The summed E-state index contributed by atoms with van der Waals surface area (Å²) in [6, 6.07) is 5.80. The third-order valence-corrected chi connectivity index (χ3v) is 2.99. The molecule has 1 N–H and O–H groups in total. The SMILES string of the molecule is C#CCNC(=O)c1cccc(S(C)(=O)=O)c1. The maximum Gasteiger partial charge on any atom is 0.252 e. The zero-order valence-corrected chi connectivity index (χ0v) is 9.54. The molecule has 0 atom stereocenters. The van der Waals surface area contributed by atoms with Crippen LogP contribution in [0.15, 0.2) is 29.2 Å². The predicted molar refractivity (Wildman–Crippen MR) is 60.7 cm³/mol. The maximum atomic E-state index is 11.5. The lowest BCUT2D eigenvalue weighted by Crippen LogP contribution is -2.23. The lowest BCUT2D eigenvalue weighted by Gasteiger charge is -2.03. The van der Waals surface area contributed by atoms with Crippen molar-refractivity contribution < 1.29 is 13.2 Å². The standard InChI is InChI=1S/C11H11NO3S/c1-3-7-12-11(13)9-5-4-6-10(8-9)16(2,14)15/h1,4-6,8H,7H2,2H3,(H,12,13). The van der Waals surface area contributed by atoms with Crippen molar-refractivity contribution in [2.24, 2.45) is 0 Å². The van der Waals surface area contributed by atoms with E-state index in [9.17, 15) is 13.2 Å². The van der Waals surface area contributed by atoms with E-state index >= 15 is 0 Å². The second-order valence-corrected chi connectivity index (χ2v) is 5.20. The van der Waals surface area contributed by atoms with Crippen molar-refractivity contribution in [1.82, 2.24) is 5.32 Å². The molecule has 0 fully saturated rings. The van der Waals surface area contributed by atoms with Crippen LogP contribution in [0.4, 0.5) is 0 Å². The summed E-state index contributed by atoms with van der Waals surface area (Å²) < 4.78 is 22.5. The second kappa shape index (κ2) is 4.81. The molecule has 0 aliphatic heterocycles. The zero-order chi connectivity index (χ0) is 12.2. The molecule has 0 saturated heterocycles. The Bertz CT molecular complexity index is 541. The van der Waals surface area contributed by atoms with Crippen molar-refractivity contribution in [1.29, 1.82) is 0 Å². The first-order chi connectivity index (χ1) is 7.45. The molecule has 1 amide bonds. The number of terminal acetylenes is 1. The molecule has 1 rings (SSSR count). The average Bonchev–Trinajstić information content (AvgIpc) is 2.25. The van der Waals surface area contributed by atoms with E-state index in [0.717, 1.165) is 6.26 Å². The molecule has 5 heteroatoms. The summed E-state index contributed by atoms with van der Waals surface area (Å²) in [5.74, 6) is 1.88. The van der Waals surface area contributed by atoms with Crippen LogP contribution in [0.1, 0.15) is 10.4 Å². The molecule has 0 bridgehead atoms. The molecule has 1 aromatic carbocycles. The molecule has 0 heterocycles. The topological polar surface area (TPSA) is 63.2 Å². The van der Waals surface area contributed by atoms with E-state index in [-0.39, 0.29) is 22.9 Å². The van der Waals surface area contributed by atoms with Crippen LogP contribution in [0.25, 0.3) is 0 Å². The summed E-state index contributed by atoms with van der Waals surface area (Å²) in [5, 5.41) is 2.46. The molecule has 0 aliphatic rings. The van der Waals surface area contributed by atoms with Gasteiger partial charge in [0.05, 0.1) is 11.4 Å². The van der Waals surface area contributed by atoms with Gasteiger partial charge in [0.1, 0.15) is 0 Å². The summed E-state index contributed by atoms with van der Waals surface area (Å²) in [6.45, 7) is 0.113. The van der Waals surface area contributed by atoms with E-state index in [0.29, 0.717) is 0 Å². The quantitative estimate of drug-likeness (QED) is 0.776. The van der Waals surface area contributed by atoms with Crippen molar-refractivity contribution in [3.05, 3.63) is 29.8 Å². The highest BCUT2D eigenvalue weighted by atomic mass is 32.2. The summed E-state index contributed by atoms with van der Waals surface area (Å²) in [4.78, 5) is 11.6. The molecule has 84 valence electrons. The molecule has 0 spiro atoms. The van der Waals surface area contributed by atoms with Crippen molar-refractivity contribution in [3.63, 3.8) is 0 Å². The van der Waals surface area contributed by atoms with Gasteiger partial charge in [-0.15, -0.1) is 6.42 Å². The van der Waals surface area contributed by atoms with Crippen LogP contribution in [0.5, 0.6) is 0 Å². The Balaban J connectivity index is 3.01. The number of hydrogen-bond donors (Lipinski definition) is 1. The molecule has 0 aliphatic carbocycles. The zero-order valence-electron chi connectivity index (χ0n) is 8.73. The van der Waals surface area contributed by atoms with E-state index in [1.165, 1.54) is 24.3 Å². The molecular formula is C11H11NO3S. The summed E-state index contributed by atoms with van der Waals surface area (Å²) >= 11 is 0. The Morgan fingerprint density at radius 1 is 1.50 bits per heavy atom. The van der Waals surface area contributed by atoms with E-state index < -0.39 is 9.84 Å². The Labute approximate surface area is 94.6 Å². The van der Waals surface area contributed by atoms with Gasteiger partial charge >= 0.3 is 0 Å². The Morgan fingerprint density at radius 2 is 2.19 bits per heavy atom. The molecule has 0 radical (unpaired) electrons. The molecule has 0 unspecified atom stereocenters. The van der Waals surface area contributed by atoms with E-state index in [1.807, 2.05) is 0 Å². The number of nitrogens with one attached hydrogen (secondary N) is 1. The van der Waals surface area contributed by atoms with E-state index in [4.69, 9.17) is 6.42 Å². The first-order valence-corrected chi connectivity index (χ1v) is 6.36. The fourth-order valence-corrected chi connectivity index (χ4v) is 1.77. The number of hydrogen-bond acceptors (Lipinski definition) is 3. The van der Waals surface area contributed by atoms with Crippen LogP contribution in [0.2, 0.25) is 0 Å². The minimum atomic E-state index is -3.30. The van der Waals surface area contributed by atoms with Crippen molar-refractivity contribution >= 4 is 15.7 Å². The third kappa shape index (κ3) is 3.11. The molecule has 1 aromatic rings. The fraction of sp³-hybridized carbons (Fsp3) is 0.182. The van der Waals surface area contributed by atoms with Crippen LogP contribution in [-0.4, -0.2) is 27.1 Å². The van der Waals surface area contributed by atoms with Gasteiger partial charge in [0, 0.05) is 11.8 Å². The largest absolute Gasteiger partial charge is 0.341 e. The van der Waals surface area contributed by atoms with Gasteiger partial charge in [0.15, 0.2) is 9.84 Å². The molecular weight excluding hydrogens is 226 g/mol. The van der Waals surface area contributed by atoms with Gasteiger partial charge < -0.3 is 5.32 Å². The highest BCUT2D eigenvalue weighted by Crippen LogP contribution is 2.11. The van der Waals surface area contributed by atoms with Gasteiger partial charge in [-0.1, -0.05) is 12.0 Å². The van der Waals surface area contributed by atoms with Gasteiger partial charge in [-0.05, 0) is 18.2 Å². The lowest BCUT2D eigenvalue weighted by molar-refractivity contribution is 0.0958. The van der Waals surface area contributed by atoms with Gasteiger partial charge in [-0.25, -0.2) is 8.42 Å². The van der Waals surface area contributed by atoms with Crippen molar-refractivity contribution in [3.8, 4) is 12.3 Å². The summed E-state index contributed by atoms with van der Waals surface area (Å²) in [5.41, 5.74) is 0.276. The Hall–Kier alpha value is -1.80. The normalized spacial score (nSPS) is 10.5. The van der Waals surface area contributed by atoms with Gasteiger partial charge in [-0.2, -0.15) is 0 Å². The highest BCUT2D eigenvalue weighted by molar-refractivity contribution is 7.90. The number of amides is 1. The maximum absolute atomic E-state index is 11.5. The third-order valence-electron chi connectivity index (χ3n) is 1.88. The van der Waals surface area contributed by atoms with Crippen LogP contribution in [0, 0.1) is 12.3 Å². The van der Waals surface area contributed by atoms with Crippen molar-refractivity contribution in [2.45, 2.75) is 4.90 Å². The van der Waals surface area contributed by atoms with Crippen LogP contribution < -0.4 is 5.32 Å². The number of carbonyl (C=O) groups is 1. The molecule has 0 aromatic heterocycles. The smallest absolute Gasteiger partial charge is 0.252 e. The van der Waals surface area contributed by atoms with Gasteiger partial charge in [0.2, 0.25) is 0 Å². The first kappa shape index (κ1) is 12.3. The molecule has 16 heavy (non-hydrogen) atoms. The average molecular weight is 237 g/mol. The summed E-state index contributed by atoms with van der Waals surface area (Å²) in [6.07, 6.45) is 6.08. The predicted octanol–water partition coefficient (Wildman–Crippen LogP) is 0.453. The van der Waals surface area contributed by atoms with Crippen LogP contribution >= 0.6 is 0 Å².